The molecule has 1 heterocycles. The molecule has 0 fully saturated rings. The smallest absolute Gasteiger partial charge is 0.365 e. The van der Waals surface area contributed by atoms with Crippen molar-refractivity contribution in [2.45, 2.75) is 0 Å². The van der Waals surface area contributed by atoms with Gasteiger partial charge in [-0.25, -0.2) is 4.79 Å². The minimum atomic E-state index is -0.914. The molecule has 0 aliphatic heterocycles. The Balaban J connectivity index is 2.60. The van der Waals surface area contributed by atoms with Crippen molar-refractivity contribution in [2.24, 2.45) is 5.73 Å². The van der Waals surface area contributed by atoms with Gasteiger partial charge in [-0.15, -0.1) is 0 Å². The summed E-state index contributed by atoms with van der Waals surface area (Å²) in [6, 6.07) is 10.4. The summed E-state index contributed by atoms with van der Waals surface area (Å²) in [5, 5.41) is 11.2. The number of nitrogens with zero attached hydrogens (tertiary/aromatic N) is 2. The number of aromatic amines is 1. The van der Waals surface area contributed by atoms with Gasteiger partial charge in [-0.3, -0.25) is 9.32 Å². The molecular formula is C12H9N4O3+. The molecule has 2 rings (SSSR count). The van der Waals surface area contributed by atoms with Crippen molar-refractivity contribution in [2.75, 3.05) is 0 Å². The number of primary amides is 1. The van der Waals surface area contributed by atoms with E-state index in [2.05, 4.69) is 9.79 Å². The van der Waals surface area contributed by atoms with E-state index in [1.807, 2.05) is 6.07 Å². The van der Waals surface area contributed by atoms with Crippen LogP contribution >= 0.6 is 0 Å². The number of hydrogen-bond acceptors (Lipinski definition) is 4. The topological polar surface area (TPSA) is 117 Å². The van der Waals surface area contributed by atoms with Crippen LogP contribution in [0.5, 0.6) is 0 Å². The number of H-pyrrole nitrogens is 1. The number of carbonyl (C=O) groups excluding carboxylic acids is 1. The van der Waals surface area contributed by atoms with Gasteiger partial charge in [0, 0.05) is 18.2 Å². The van der Waals surface area contributed by atoms with E-state index >= 15 is 0 Å². The first-order chi connectivity index (χ1) is 9.13. The Kier molecular flexibility index (Phi) is 3.25. The maximum absolute atomic E-state index is 11.6. The Hall–Kier alpha value is -3.14. The number of amides is 1. The standard InChI is InChI=1S/C12H8N4O3/c13-7-8(11(14)17)6-10-12(18)19-15-16(10)9-4-2-1-3-5-9/h1-6H,(H2-,14,15,17,18)/p+1. The number of hydrogen-bond donors (Lipinski definition) is 2. The Bertz CT molecular complexity index is 734. The summed E-state index contributed by atoms with van der Waals surface area (Å²) < 4.78 is 5.96. The molecule has 94 valence electrons. The first-order valence-corrected chi connectivity index (χ1v) is 5.24. The zero-order chi connectivity index (χ0) is 13.8. The van der Waals surface area contributed by atoms with Crippen LogP contribution in [0.4, 0.5) is 0 Å². The Morgan fingerprint density at radius 3 is 2.68 bits per heavy atom. The molecule has 19 heavy (non-hydrogen) atoms. The van der Waals surface area contributed by atoms with E-state index in [-0.39, 0.29) is 11.3 Å². The minimum Gasteiger partial charge on any atom is -0.365 e. The van der Waals surface area contributed by atoms with E-state index in [0.29, 0.717) is 5.69 Å². The lowest BCUT2D eigenvalue weighted by atomic mass is 10.2. The highest BCUT2D eigenvalue weighted by molar-refractivity contribution is 6.00. The normalized spacial score (nSPS) is 11.0. The monoisotopic (exact) mass is 257 g/mol. The molecule has 3 N–H and O–H groups in total. The van der Waals surface area contributed by atoms with Crippen LogP contribution in [0.25, 0.3) is 11.8 Å². The maximum atomic E-state index is 11.6. The molecule has 1 amide bonds. The minimum absolute atomic E-state index is 0.00144. The Morgan fingerprint density at radius 2 is 2.11 bits per heavy atom. The van der Waals surface area contributed by atoms with Gasteiger partial charge in [0.05, 0.1) is 0 Å². The van der Waals surface area contributed by atoms with Gasteiger partial charge in [-0.1, -0.05) is 18.2 Å². The highest BCUT2D eigenvalue weighted by Crippen LogP contribution is 2.02. The third kappa shape index (κ3) is 2.42. The number of nitrogens with one attached hydrogen (secondary N) is 1. The number of nitriles is 1. The molecule has 7 heteroatoms. The first kappa shape index (κ1) is 12.3. The van der Waals surface area contributed by atoms with Gasteiger partial charge >= 0.3 is 11.3 Å². The van der Waals surface area contributed by atoms with Crippen LogP contribution in [-0.2, 0) is 4.79 Å². The summed E-state index contributed by atoms with van der Waals surface area (Å²) in [6.07, 6.45) is 1.08. The number of benzene rings is 1. The quantitative estimate of drug-likeness (QED) is 0.443. The van der Waals surface area contributed by atoms with Gasteiger partial charge in [0.15, 0.2) is 0 Å². The van der Waals surface area contributed by atoms with E-state index in [0.717, 1.165) is 6.08 Å². The van der Waals surface area contributed by atoms with Crippen LogP contribution in [0.1, 0.15) is 5.69 Å². The van der Waals surface area contributed by atoms with E-state index in [9.17, 15) is 9.59 Å². The van der Waals surface area contributed by atoms with Crippen LogP contribution in [0.3, 0.4) is 0 Å². The largest absolute Gasteiger partial charge is 0.435 e. The van der Waals surface area contributed by atoms with Gasteiger partial charge in [-0.2, -0.15) is 5.26 Å². The average molecular weight is 257 g/mol. The molecule has 0 aliphatic carbocycles. The fourth-order valence-corrected chi connectivity index (χ4v) is 1.47. The molecule has 0 spiro atoms. The summed E-state index contributed by atoms with van der Waals surface area (Å²) in [5.74, 6) is -0.914. The average Bonchev–Trinajstić information content (AvgIpc) is 2.78. The SMILES string of the molecule is N#C/C(=C\c1c(=O)o[nH][n+]1-c1ccccc1)C(N)=O. The van der Waals surface area contributed by atoms with E-state index in [1.54, 1.807) is 30.3 Å². The van der Waals surface area contributed by atoms with Crippen molar-refractivity contribution < 1.29 is 14.0 Å². The molecule has 7 nitrogen and oxygen atoms in total. The summed E-state index contributed by atoms with van der Waals surface area (Å²) in [5.41, 5.74) is 4.59. The second kappa shape index (κ2) is 5.01. The van der Waals surface area contributed by atoms with Gasteiger partial charge in [0.25, 0.3) is 5.91 Å². The van der Waals surface area contributed by atoms with Crippen molar-refractivity contribution >= 4 is 12.0 Å². The van der Waals surface area contributed by atoms with Crippen LogP contribution in [0, 0.1) is 11.3 Å². The summed E-state index contributed by atoms with van der Waals surface area (Å²) in [7, 11) is 0. The molecular weight excluding hydrogens is 248 g/mol. The summed E-state index contributed by atoms with van der Waals surface area (Å²) in [4.78, 5) is 22.6. The predicted molar refractivity (Wildman–Crippen MR) is 63.6 cm³/mol. The second-order valence-corrected chi connectivity index (χ2v) is 3.57. The molecule has 0 bridgehead atoms. The molecule has 0 saturated heterocycles. The zero-order valence-electron chi connectivity index (χ0n) is 9.66. The number of nitrogens with two attached hydrogens (primary N) is 1. The van der Waals surface area contributed by atoms with Crippen LogP contribution in [0.15, 0.2) is 45.2 Å². The third-order valence-corrected chi connectivity index (χ3v) is 2.36. The second-order valence-electron chi connectivity index (χ2n) is 3.57. The van der Waals surface area contributed by atoms with Crippen LogP contribution < -0.4 is 16.0 Å². The van der Waals surface area contributed by atoms with Crippen molar-refractivity contribution in [3.05, 3.63) is 52.0 Å². The van der Waals surface area contributed by atoms with E-state index in [4.69, 9.17) is 11.0 Å². The van der Waals surface area contributed by atoms with E-state index < -0.39 is 11.5 Å². The van der Waals surface area contributed by atoms with Gasteiger partial charge in [0.1, 0.15) is 11.6 Å². The summed E-state index contributed by atoms with van der Waals surface area (Å²) >= 11 is 0. The fraction of sp³-hybridized carbons (Fsp3) is 0. The number of para-hydroxylation sites is 1. The van der Waals surface area contributed by atoms with Gasteiger partial charge in [-0.05, 0) is 9.95 Å². The molecule has 0 atom stereocenters. The number of carbonyl (C=O) groups is 1. The number of rotatable bonds is 3. The molecule has 0 radical (unpaired) electrons. The molecule has 2 aromatic rings. The highest BCUT2D eigenvalue weighted by Gasteiger charge is 2.22. The Morgan fingerprint density at radius 1 is 1.42 bits per heavy atom. The first-order valence-electron chi connectivity index (χ1n) is 5.24. The predicted octanol–water partition coefficient (Wildman–Crippen LogP) is -0.363. The van der Waals surface area contributed by atoms with Crippen molar-refractivity contribution in [3.8, 4) is 11.8 Å². The highest BCUT2D eigenvalue weighted by atomic mass is 16.5. The van der Waals surface area contributed by atoms with Crippen molar-refractivity contribution in [3.63, 3.8) is 0 Å². The molecule has 1 aromatic carbocycles. The van der Waals surface area contributed by atoms with Crippen molar-refractivity contribution in [1.29, 1.82) is 5.26 Å². The van der Waals surface area contributed by atoms with Crippen LogP contribution in [0.2, 0.25) is 0 Å². The molecule has 1 aromatic heterocycles. The zero-order valence-corrected chi connectivity index (χ0v) is 9.66. The lowest BCUT2D eigenvalue weighted by Crippen LogP contribution is -2.37. The van der Waals surface area contributed by atoms with Crippen LogP contribution in [-0.4, -0.2) is 11.2 Å². The van der Waals surface area contributed by atoms with Gasteiger partial charge < -0.3 is 5.73 Å². The molecule has 0 aliphatic rings. The molecule has 0 saturated carbocycles. The lowest BCUT2D eigenvalue weighted by Gasteiger charge is -1.90. The van der Waals surface area contributed by atoms with Crippen molar-refractivity contribution in [1.82, 2.24) is 5.27 Å². The Labute approximate surface area is 107 Å². The lowest BCUT2D eigenvalue weighted by molar-refractivity contribution is -0.672. The van der Waals surface area contributed by atoms with Gasteiger partial charge in [0.2, 0.25) is 5.69 Å². The number of aromatic nitrogens is 2. The van der Waals surface area contributed by atoms with E-state index in [1.165, 1.54) is 4.68 Å². The summed E-state index contributed by atoms with van der Waals surface area (Å²) in [6.45, 7) is 0. The third-order valence-electron chi connectivity index (χ3n) is 2.36. The maximum Gasteiger partial charge on any atom is 0.435 e. The fourth-order valence-electron chi connectivity index (χ4n) is 1.47. The molecule has 0 unspecified atom stereocenters.